The first-order valence-corrected chi connectivity index (χ1v) is 10.4. The molecule has 6 heteroatoms. The molecule has 3 atom stereocenters. The van der Waals surface area contributed by atoms with Crippen LogP contribution in [0.1, 0.15) is 39.2 Å². The summed E-state index contributed by atoms with van der Waals surface area (Å²) in [5.74, 6) is 3.08. The molecule has 2 N–H and O–H groups in total. The first-order chi connectivity index (χ1) is 13.5. The van der Waals surface area contributed by atoms with Gasteiger partial charge in [-0.1, -0.05) is 19.9 Å². The molecule has 2 aliphatic rings. The third-order valence-corrected chi connectivity index (χ3v) is 6.08. The molecule has 0 spiro atoms. The van der Waals surface area contributed by atoms with E-state index in [4.69, 9.17) is 14.2 Å². The smallest absolute Gasteiger partial charge is 0.191 e. The number of ether oxygens (including phenoxy) is 3. The van der Waals surface area contributed by atoms with E-state index in [0.29, 0.717) is 24.7 Å². The number of benzene rings is 1. The van der Waals surface area contributed by atoms with Crippen molar-refractivity contribution in [1.29, 1.82) is 0 Å². The van der Waals surface area contributed by atoms with Crippen LogP contribution < -0.4 is 20.1 Å². The maximum Gasteiger partial charge on any atom is 0.191 e. The summed E-state index contributed by atoms with van der Waals surface area (Å²) in [6.07, 6.45) is 3.52. The fourth-order valence-corrected chi connectivity index (χ4v) is 4.60. The Morgan fingerprint density at radius 1 is 1.32 bits per heavy atom. The number of rotatable bonds is 8. The Morgan fingerprint density at radius 2 is 2.14 bits per heavy atom. The highest BCUT2D eigenvalue weighted by molar-refractivity contribution is 5.80. The number of hydrogen-bond donors (Lipinski definition) is 2. The van der Waals surface area contributed by atoms with Gasteiger partial charge in [0, 0.05) is 37.6 Å². The molecule has 28 heavy (non-hydrogen) atoms. The molecular weight excluding hydrogens is 354 g/mol. The molecule has 2 fully saturated rings. The Balaban J connectivity index is 1.46. The van der Waals surface area contributed by atoms with Crippen molar-refractivity contribution in [3.63, 3.8) is 0 Å². The Labute approximate surface area is 169 Å². The minimum atomic E-state index is 0.150. The maximum atomic E-state index is 5.88. The van der Waals surface area contributed by atoms with Gasteiger partial charge < -0.3 is 24.8 Å². The van der Waals surface area contributed by atoms with E-state index in [1.165, 1.54) is 5.56 Å². The monoisotopic (exact) mass is 389 g/mol. The van der Waals surface area contributed by atoms with E-state index in [1.54, 1.807) is 7.11 Å². The SMILES string of the molecule is CCOc1cc(CCCNC(=NC)NC2C3CCOC3C2(C)C)ccc1OC. The number of guanidine groups is 1. The van der Waals surface area contributed by atoms with Crippen LogP contribution in [0.3, 0.4) is 0 Å². The molecule has 1 saturated carbocycles. The predicted molar refractivity (Wildman–Crippen MR) is 112 cm³/mol. The zero-order valence-corrected chi connectivity index (χ0v) is 17.9. The Morgan fingerprint density at radius 3 is 2.86 bits per heavy atom. The molecule has 156 valence electrons. The molecule has 1 aromatic carbocycles. The van der Waals surface area contributed by atoms with Gasteiger partial charge in [-0.15, -0.1) is 0 Å². The number of nitrogens with one attached hydrogen (secondary N) is 2. The van der Waals surface area contributed by atoms with Crippen molar-refractivity contribution >= 4 is 5.96 Å². The Bertz CT molecular complexity index is 690. The van der Waals surface area contributed by atoms with Crippen molar-refractivity contribution in [2.45, 2.75) is 52.2 Å². The van der Waals surface area contributed by atoms with Gasteiger partial charge in [-0.3, -0.25) is 4.99 Å². The molecule has 1 aromatic rings. The highest BCUT2D eigenvalue weighted by atomic mass is 16.5. The number of nitrogens with zero attached hydrogens (tertiary/aromatic N) is 1. The molecule has 6 nitrogen and oxygen atoms in total. The average Bonchev–Trinajstić information content (AvgIpc) is 3.15. The van der Waals surface area contributed by atoms with Gasteiger partial charge in [0.1, 0.15) is 0 Å². The summed E-state index contributed by atoms with van der Waals surface area (Å²) in [5.41, 5.74) is 1.40. The van der Waals surface area contributed by atoms with Crippen molar-refractivity contribution in [1.82, 2.24) is 10.6 Å². The topological polar surface area (TPSA) is 64.1 Å². The molecule has 1 saturated heterocycles. The molecule has 0 aromatic heterocycles. The summed E-state index contributed by atoms with van der Waals surface area (Å²) in [6, 6.07) is 6.58. The summed E-state index contributed by atoms with van der Waals surface area (Å²) in [7, 11) is 3.50. The summed E-state index contributed by atoms with van der Waals surface area (Å²) in [5, 5.41) is 7.09. The zero-order chi connectivity index (χ0) is 20.1. The highest BCUT2D eigenvalue weighted by Crippen LogP contribution is 2.52. The summed E-state index contributed by atoms with van der Waals surface area (Å²) in [6.45, 7) is 8.93. The van der Waals surface area contributed by atoms with Crippen LogP contribution in [0.2, 0.25) is 0 Å². The van der Waals surface area contributed by atoms with Crippen molar-refractivity contribution < 1.29 is 14.2 Å². The van der Waals surface area contributed by atoms with Gasteiger partial charge >= 0.3 is 0 Å². The summed E-state index contributed by atoms with van der Waals surface area (Å²) >= 11 is 0. The Kier molecular flexibility index (Phi) is 6.70. The highest BCUT2D eigenvalue weighted by Gasteiger charge is 2.59. The number of methoxy groups -OCH3 is 1. The van der Waals surface area contributed by atoms with Crippen LogP contribution in [0.4, 0.5) is 0 Å². The molecule has 0 radical (unpaired) electrons. The normalized spacial score (nSPS) is 25.6. The predicted octanol–water partition coefficient (Wildman–Crippen LogP) is 3.01. The molecule has 1 heterocycles. The summed E-state index contributed by atoms with van der Waals surface area (Å²) < 4.78 is 16.9. The van der Waals surface area contributed by atoms with Crippen LogP contribution in [-0.4, -0.2) is 52.0 Å². The van der Waals surface area contributed by atoms with Crippen molar-refractivity contribution in [3.8, 4) is 11.5 Å². The fourth-order valence-electron chi connectivity index (χ4n) is 4.60. The van der Waals surface area contributed by atoms with E-state index in [1.807, 2.05) is 20.0 Å². The lowest BCUT2D eigenvalue weighted by molar-refractivity contribution is -0.106. The average molecular weight is 390 g/mol. The van der Waals surface area contributed by atoms with E-state index in [0.717, 1.165) is 49.9 Å². The van der Waals surface area contributed by atoms with Gasteiger partial charge in [0.2, 0.25) is 0 Å². The number of aryl methyl sites for hydroxylation is 1. The van der Waals surface area contributed by atoms with Crippen LogP contribution >= 0.6 is 0 Å². The first-order valence-electron chi connectivity index (χ1n) is 10.4. The van der Waals surface area contributed by atoms with Crippen LogP contribution in [0.25, 0.3) is 0 Å². The van der Waals surface area contributed by atoms with E-state index in [9.17, 15) is 0 Å². The molecule has 1 aliphatic heterocycles. The van der Waals surface area contributed by atoms with Crippen LogP contribution in [0.5, 0.6) is 11.5 Å². The van der Waals surface area contributed by atoms with Crippen molar-refractivity contribution in [3.05, 3.63) is 23.8 Å². The van der Waals surface area contributed by atoms with E-state index < -0.39 is 0 Å². The van der Waals surface area contributed by atoms with Gasteiger partial charge in [0.15, 0.2) is 17.5 Å². The van der Waals surface area contributed by atoms with Gasteiger partial charge in [0.05, 0.1) is 19.8 Å². The van der Waals surface area contributed by atoms with Gasteiger partial charge in [-0.05, 0) is 43.9 Å². The minimum Gasteiger partial charge on any atom is -0.493 e. The maximum absolute atomic E-state index is 5.88. The third-order valence-electron chi connectivity index (χ3n) is 6.08. The molecule has 0 bridgehead atoms. The van der Waals surface area contributed by atoms with Crippen molar-refractivity contribution in [2.75, 3.05) is 33.9 Å². The number of fused-ring (bicyclic) bond motifs is 1. The molecular formula is C22H35N3O3. The van der Waals surface area contributed by atoms with Gasteiger partial charge in [-0.25, -0.2) is 0 Å². The molecule has 0 amide bonds. The standard InChI is InChI=1S/C22H35N3O3/c1-6-27-18-14-15(9-10-17(18)26-5)8-7-12-24-21(23-4)25-19-16-11-13-28-20(16)22(19,2)3/h9-10,14,16,19-20H,6-8,11-13H2,1-5H3,(H2,23,24,25). The molecule has 3 unspecified atom stereocenters. The lowest BCUT2D eigenvalue weighted by Crippen LogP contribution is -2.67. The quantitative estimate of drug-likeness (QED) is 0.407. The minimum absolute atomic E-state index is 0.150. The van der Waals surface area contributed by atoms with E-state index >= 15 is 0 Å². The van der Waals surface area contributed by atoms with Crippen LogP contribution in [-0.2, 0) is 11.2 Å². The first kappa shape index (κ1) is 20.8. The van der Waals surface area contributed by atoms with Crippen LogP contribution in [0.15, 0.2) is 23.2 Å². The second-order valence-corrected chi connectivity index (χ2v) is 8.21. The van der Waals surface area contributed by atoms with Crippen LogP contribution in [0, 0.1) is 11.3 Å². The summed E-state index contributed by atoms with van der Waals surface area (Å²) in [4.78, 5) is 4.41. The lowest BCUT2D eigenvalue weighted by Gasteiger charge is -2.54. The zero-order valence-electron chi connectivity index (χ0n) is 17.9. The third kappa shape index (κ3) is 4.22. The number of aliphatic imine (C=N–C) groups is 1. The van der Waals surface area contributed by atoms with E-state index in [2.05, 4.69) is 41.6 Å². The van der Waals surface area contributed by atoms with E-state index in [-0.39, 0.29) is 5.41 Å². The second-order valence-electron chi connectivity index (χ2n) is 8.21. The lowest BCUT2D eigenvalue weighted by atomic mass is 9.57. The largest absolute Gasteiger partial charge is 0.493 e. The Hall–Kier alpha value is -1.95. The second kappa shape index (κ2) is 9.03. The molecule has 1 aliphatic carbocycles. The van der Waals surface area contributed by atoms with Gasteiger partial charge in [0.25, 0.3) is 0 Å². The molecule has 3 rings (SSSR count). The van der Waals surface area contributed by atoms with Crippen molar-refractivity contribution in [2.24, 2.45) is 16.3 Å². The van der Waals surface area contributed by atoms with Gasteiger partial charge in [-0.2, -0.15) is 0 Å². The number of hydrogen-bond acceptors (Lipinski definition) is 4. The fraction of sp³-hybridized carbons (Fsp3) is 0.682.